The molecule has 0 amide bonds. The number of aliphatic hydroxyl groups is 1. The van der Waals surface area contributed by atoms with E-state index >= 15 is 0 Å². The Morgan fingerprint density at radius 1 is 1.20 bits per heavy atom. The van der Waals surface area contributed by atoms with Gasteiger partial charge < -0.3 is 10.4 Å². The second kappa shape index (κ2) is 4.06. The highest BCUT2D eigenvalue weighted by Gasteiger charge is 2.42. The van der Waals surface area contributed by atoms with Crippen molar-refractivity contribution in [3.8, 4) is 0 Å². The van der Waals surface area contributed by atoms with Gasteiger partial charge in [0.05, 0.1) is 5.60 Å². The molecule has 1 unspecified atom stereocenters. The third kappa shape index (κ3) is 2.94. The molecule has 88 valence electrons. The zero-order chi connectivity index (χ0) is 11.1. The Morgan fingerprint density at radius 3 is 2.00 bits per heavy atom. The van der Waals surface area contributed by atoms with Crippen LogP contribution in [0.3, 0.4) is 0 Å². The van der Waals surface area contributed by atoms with Crippen LogP contribution in [0.25, 0.3) is 0 Å². The Balaban J connectivity index is 1.79. The Morgan fingerprint density at radius 2 is 1.67 bits per heavy atom. The summed E-state index contributed by atoms with van der Waals surface area (Å²) in [5.41, 5.74) is -0.554. The van der Waals surface area contributed by atoms with Gasteiger partial charge in [-0.2, -0.15) is 0 Å². The number of hydrogen-bond donors (Lipinski definition) is 2. The fraction of sp³-hybridized carbons (Fsp3) is 1.00. The fourth-order valence-electron chi connectivity index (χ4n) is 2.16. The topological polar surface area (TPSA) is 32.3 Å². The summed E-state index contributed by atoms with van der Waals surface area (Å²) in [7, 11) is 0. The molecule has 0 spiro atoms. The zero-order valence-electron chi connectivity index (χ0n) is 10.3. The highest BCUT2D eigenvalue weighted by atomic mass is 16.3. The van der Waals surface area contributed by atoms with E-state index in [1.807, 2.05) is 6.92 Å². The number of rotatable bonds is 6. The van der Waals surface area contributed by atoms with E-state index in [-0.39, 0.29) is 0 Å². The molecule has 0 saturated heterocycles. The molecule has 2 rings (SSSR count). The second-order valence-corrected chi connectivity index (χ2v) is 6.09. The third-order valence-corrected chi connectivity index (χ3v) is 4.20. The molecule has 0 aromatic carbocycles. The average molecular weight is 211 g/mol. The van der Waals surface area contributed by atoms with E-state index in [2.05, 4.69) is 19.2 Å². The quantitative estimate of drug-likeness (QED) is 0.706. The normalized spacial score (nSPS) is 26.0. The highest BCUT2D eigenvalue weighted by Crippen LogP contribution is 2.44. The molecule has 2 heteroatoms. The summed E-state index contributed by atoms with van der Waals surface area (Å²) in [6, 6.07) is 0.704. The maximum Gasteiger partial charge on any atom is 0.0766 e. The lowest BCUT2D eigenvalue weighted by molar-refractivity contribution is 0.0105. The predicted molar refractivity (Wildman–Crippen MR) is 62.7 cm³/mol. The highest BCUT2D eigenvalue weighted by molar-refractivity contribution is 4.97. The second-order valence-electron chi connectivity index (χ2n) is 6.09. The largest absolute Gasteiger partial charge is 0.389 e. The van der Waals surface area contributed by atoms with Crippen LogP contribution in [0.4, 0.5) is 0 Å². The molecule has 0 aromatic heterocycles. The molecule has 2 aliphatic carbocycles. The zero-order valence-corrected chi connectivity index (χ0v) is 10.3. The first-order chi connectivity index (χ1) is 7.00. The molecule has 2 nitrogen and oxygen atoms in total. The molecular formula is C13H25NO. The summed E-state index contributed by atoms with van der Waals surface area (Å²) in [6.07, 6.45) is 5.60. The van der Waals surface area contributed by atoms with Crippen LogP contribution in [-0.2, 0) is 0 Å². The lowest BCUT2D eigenvalue weighted by Gasteiger charge is -2.30. The lowest BCUT2D eigenvalue weighted by Crippen LogP contribution is -2.47. The molecule has 2 N–H and O–H groups in total. The van der Waals surface area contributed by atoms with Gasteiger partial charge in [-0.15, -0.1) is 0 Å². The molecule has 2 saturated carbocycles. The van der Waals surface area contributed by atoms with Crippen molar-refractivity contribution in [2.75, 3.05) is 6.54 Å². The van der Waals surface area contributed by atoms with Gasteiger partial charge in [0.15, 0.2) is 0 Å². The number of hydrogen-bond acceptors (Lipinski definition) is 2. The van der Waals surface area contributed by atoms with Crippen LogP contribution in [0.1, 0.15) is 46.5 Å². The van der Waals surface area contributed by atoms with Gasteiger partial charge >= 0.3 is 0 Å². The molecule has 0 aromatic rings. The van der Waals surface area contributed by atoms with E-state index in [0.29, 0.717) is 12.0 Å². The Kier molecular flexibility index (Phi) is 3.09. The maximum atomic E-state index is 10.2. The lowest BCUT2D eigenvalue weighted by atomic mass is 9.92. The van der Waals surface area contributed by atoms with Gasteiger partial charge in [0, 0.05) is 12.6 Å². The SMILES string of the molecule is CC(C)C(C)(O)CNC(C1CC1)C1CC1. The van der Waals surface area contributed by atoms with Crippen LogP contribution >= 0.6 is 0 Å². The van der Waals surface area contributed by atoms with Crippen LogP contribution in [-0.4, -0.2) is 23.3 Å². The van der Waals surface area contributed by atoms with Crippen LogP contribution in [0, 0.1) is 17.8 Å². The smallest absolute Gasteiger partial charge is 0.0766 e. The van der Waals surface area contributed by atoms with Crippen LogP contribution in [0.2, 0.25) is 0 Å². The molecule has 2 aliphatic rings. The minimum absolute atomic E-state index is 0.323. The van der Waals surface area contributed by atoms with Crippen molar-refractivity contribution in [3.05, 3.63) is 0 Å². The minimum atomic E-state index is -0.554. The van der Waals surface area contributed by atoms with Gasteiger partial charge in [-0.1, -0.05) is 13.8 Å². The summed E-state index contributed by atoms with van der Waals surface area (Å²) < 4.78 is 0. The van der Waals surface area contributed by atoms with Crippen molar-refractivity contribution >= 4 is 0 Å². The van der Waals surface area contributed by atoms with E-state index in [1.165, 1.54) is 25.7 Å². The fourth-order valence-corrected chi connectivity index (χ4v) is 2.16. The molecule has 0 bridgehead atoms. The molecule has 15 heavy (non-hydrogen) atoms. The van der Waals surface area contributed by atoms with Gasteiger partial charge in [0.1, 0.15) is 0 Å². The van der Waals surface area contributed by atoms with Crippen molar-refractivity contribution in [1.82, 2.24) is 5.32 Å². The van der Waals surface area contributed by atoms with Gasteiger partial charge in [-0.05, 0) is 50.4 Å². The van der Waals surface area contributed by atoms with E-state index in [4.69, 9.17) is 0 Å². The Labute approximate surface area is 93.5 Å². The van der Waals surface area contributed by atoms with Crippen molar-refractivity contribution in [2.45, 2.75) is 58.1 Å². The monoisotopic (exact) mass is 211 g/mol. The standard InChI is InChI=1S/C13H25NO/c1-9(2)13(3,15)8-14-12(10-4-5-10)11-6-7-11/h9-12,14-15H,4-8H2,1-3H3. The first-order valence-electron chi connectivity index (χ1n) is 6.46. The van der Waals surface area contributed by atoms with Crippen molar-refractivity contribution < 1.29 is 5.11 Å². The maximum absolute atomic E-state index is 10.2. The van der Waals surface area contributed by atoms with Crippen molar-refractivity contribution in [1.29, 1.82) is 0 Å². The molecule has 0 heterocycles. The minimum Gasteiger partial charge on any atom is -0.389 e. The van der Waals surface area contributed by atoms with Gasteiger partial charge in [0.25, 0.3) is 0 Å². The summed E-state index contributed by atoms with van der Waals surface area (Å²) in [5.74, 6) is 2.16. The van der Waals surface area contributed by atoms with Crippen LogP contribution in [0.5, 0.6) is 0 Å². The Bertz CT molecular complexity index is 205. The molecule has 0 aliphatic heterocycles. The van der Waals surface area contributed by atoms with E-state index in [0.717, 1.165) is 18.4 Å². The van der Waals surface area contributed by atoms with E-state index in [9.17, 15) is 5.11 Å². The molecular weight excluding hydrogens is 186 g/mol. The third-order valence-electron chi connectivity index (χ3n) is 4.20. The van der Waals surface area contributed by atoms with Gasteiger partial charge in [-0.25, -0.2) is 0 Å². The van der Waals surface area contributed by atoms with Crippen LogP contribution < -0.4 is 5.32 Å². The first-order valence-corrected chi connectivity index (χ1v) is 6.46. The molecule has 0 radical (unpaired) electrons. The van der Waals surface area contributed by atoms with Crippen LogP contribution in [0.15, 0.2) is 0 Å². The summed E-state index contributed by atoms with van der Waals surface area (Å²) in [6.45, 7) is 6.87. The van der Waals surface area contributed by atoms with Gasteiger partial charge in [0.2, 0.25) is 0 Å². The van der Waals surface area contributed by atoms with E-state index in [1.54, 1.807) is 0 Å². The first kappa shape index (κ1) is 11.4. The Hall–Kier alpha value is -0.0800. The van der Waals surface area contributed by atoms with Gasteiger partial charge in [-0.3, -0.25) is 0 Å². The van der Waals surface area contributed by atoms with E-state index < -0.39 is 5.60 Å². The summed E-state index contributed by atoms with van der Waals surface area (Å²) in [5, 5.41) is 13.8. The summed E-state index contributed by atoms with van der Waals surface area (Å²) in [4.78, 5) is 0. The summed E-state index contributed by atoms with van der Waals surface area (Å²) >= 11 is 0. The van der Waals surface area contributed by atoms with Crippen molar-refractivity contribution in [2.24, 2.45) is 17.8 Å². The predicted octanol–water partition coefficient (Wildman–Crippen LogP) is 2.17. The average Bonchev–Trinajstić information content (AvgIpc) is 2.99. The molecule has 2 fully saturated rings. The molecule has 1 atom stereocenters. The number of nitrogens with one attached hydrogen (secondary N) is 1. The van der Waals surface area contributed by atoms with Crippen molar-refractivity contribution in [3.63, 3.8) is 0 Å².